The largest absolute Gasteiger partial charge is 0.490 e. The molecule has 1 amide bonds. The van der Waals surface area contributed by atoms with Crippen LogP contribution in [0.4, 0.5) is 0 Å². The molecule has 10 heteroatoms. The molecule has 6 rings (SSSR count). The van der Waals surface area contributed by atoms with Gasteiger partial charge >= 0.3 is 5.97 Å². The molecule has 0 radical (unpaired) electrons. The van der Waals surface area contributed by atoms with Crippen molar-refractivity contribution in [1.82, 2.24) is 10.4 Å². The lowest BCUT2D eigenvalue weighted by Gasteiger charge is -2.11. The SMILES string of the molecule is CCOc1cc(C=NNC(=O)c2[nH]c3ccc(Cl)cc3c2-c2ccccc2)ccc1OC(=O)c1ccc2c(c1)OCO2. The molecule has 0 fully saturated rings. The van der Waals surface area contributed by atoms with E-state index in [0.29, 0.717) is 45.7 Å². The number of amides is 1. The Balaban J connectivity index is 1.20. The van der Waals surface area contributed by atoms with Crippen LogP contribution in [0.2, 0.25) is 5.02 Å². The number of halogens is 1. The smallest absolute Gasteiger partial charge is 0.343 e. The summed E-state index contributed by atoms with van der Waals surface area (Å²) in [6, 6.07) is 24.8. The molecule has 1 aromatic heterocycles. The van der Waals surface area contributed by atoms with Crippen molar-refractivity contribution in [3.8, 4) is 34.1 Å². The average molecular weight is 582 g/mol. The molecule has 0 spiro atoms. The van der Waals surface area contributed by atoms with Crippen LogP contribution in [0.25, 0.3) is 22.0 Å². The fourth-order valence-electron chi connectivity index (χ4n) is 4.60. The van der Waals surface area contributed by atoms with Gasteiger partial charge in [0.05, 0.1) is 18.4 Å². The van der Waals surface area contributed by atoms with Crippen LogP contribution >= 0.6 is 11.6 Å². The van der Waals surface area contributed by atoms with E-state index in [-0.39, 0.29) is 12.5 Å². The number of benzene rings is 4. The highest BCUT2D eigenvalue weighted by Gasteiger charge is 2.20. The van der Waals surface area contributed by atoms with Gasteiger partial charge in [0.1, 0.15) is 5.69 Å². The summed E-state index contributed by atoms with van der Waals surface area (Å²) in [5.41, 5.74) is 6.25. The summed E-state index contributed by atoms with van der Waals surface area (Å²) in [5.74, 6) is 0.650. The molecule has 0 unspecified atom stereocenters. The lowest BCUT2D eigenvalue weighted by atomic mass is 10.0. The number of esters is 1. The summed E-state index contributed by atoms with van der Waals surface area (Å²) in [6.45, 7) is 2.28. The van der Waals surface area contributed by atoms with E-state index in [4.69, 9.17) is 30.5 Å². The van der Waals surface area contributed by atoms with Gasteiger partial charge in [-0.3, -0.25) is 4.79 Å². The number of hydrazone groups is 1. The quantitative estimate of drug-likeness (QED) is 0.0924. The third-order valence-corrected chi connectivity index (χ3v) is 6.74. The molecular weight excluding hydrogens is 558 g/mol. The maximum absolute atomic E-state index is 13.2. The molecule has 2 N–H and O–H groups in total. The Morgan fingerprint density at radius 3 is 2.64 bits per heavy atom. The molecule has 0 aliphatic carbocycles. The highest BCUT2D eigenvalue weighted by molar-refractivity contribution is 6.31. The Kier molecular flexibility index (Phi) is 7.49. The van der Waals surface area contributed by atoms with E-state index in [1.165, 1.54) is 6.21 Å². The van der Waals surface area contributed by atoms with E-state index in [9.17, 15) is 9.59 Å². The summed E-state index contributed by atoms with van der Waals surface area (Å²) in [7, 11) is 0. The fraction of sp³-hybridized carbons (Fsp3) is 0.0938. The maximum atomic E-state index is 13.2. The summed E-state index contributed by atoms with van der Waals surface area (Å²) in [4.78, 5) is 29.2. The van der Waals surface area contributed by atoms with Crippen LogP contribution < -0.4 is 24.4 Å². The minimum absolute atomic E-state index is 0.108. The molecule has 0 saturated heterocycles. The Morgan fingerprint density at radius 1 is 0.976 bits per heavy atom. The van der Waals surface area contributed by atoms with Gasteiger partial charge in [-0.05, 0) is 72.6 Å². The van der Waals surface area contributed by atoms with Gasteiger partial charge in [-0.2, -0.15) is 5.10 Å². The molecule has 4 aromatic carbocycles. The number of ether oxygens (including phenoxy) is 4. The van der Waals surface area contributed by atoms with E-state index < -0.39 is 11.9 Å². The topological polar surface area (TPSA) is 111 Å². The van der Waals surface area contributed by atoms with Crippen molar-refractivity contribution in [2.75, 3.05) is 13.4 Å². The molecule has 0 atom stereocenters. The van der Waals surface area contributed by atoms with Crippen molar-refractivity contribution in [2.45, 2.75) is 6.92 Å². The van der Waals surface area contributed by atoms with Crippen molar-refractivity contribution >= 4 is 40.6 Å². The Bertz CT molecular complexity index is 1830. The monoisotopic (exact) mass is 581 g/mol. The minimum atomic E-state index is -0.572. The molecule has 42 heavy (non-hydrogen) atoms. The number of fused-ring (bicyclic) bond motifs is 2. The van der Waals surface area contributed by atoms with Gasteiger partial charge in [0.15, 0.2) is 23.0 Å². The Morgan fingerprint density at radius 2 is 1.81 bits per heavy atom. The molecule has 1 aliphatic rings. The standard InChI is InChI=1S/C32H24ClN3O6/c1-2-39-27-14-19(8-12-26(27)42-32(38)21-9-13-25-28(15-21)41-18-40-25)17-34-36-31(37)30-29(20-6-4-3-5-7-20)23-16-22(33)10-11-24(23)35-30/h3-17,35H,2,18H2,1H3,(H,36,37). The highest BCUT2D eigenvalue weighted by atomic mass is 35.5. The molecule has 1 aliphatic heterocycles. The summed E-state index contributed by atoms with van der Waals surface area (Å²) in [6.07, 6.45) is 1.48. The molecule has 2 heterocycles. The molecule has 0 saturated carbocycles. The van der Waals surface area contributed by atoms with E-state index in [1.54, 1.807) is 42.5 Å². The predicted molar refractivity (Wildman–Crippen MR) is 159 cm³/mol. The first kappa shape index (κ1) is 26.9. The third-order valence-electron chi connectivity index (χ3n) is 6.51. The lowest BCUT2D eigenvalue weighted by molar-refractivity contribution is 0.0727. The first-order valence-electron chi connectivity index (χ1n) is 13.1. The second-order valence-corrected chi connectivity index (χ2v) is 9.66. The number of nitrogens with zero attached hydrogens (tertiary/aromatic N) is 1. The zero-order valence-electron chi connectivity index (χ0n) is 22.3. The van der Waals surface area contributed by atoms with Crippen molar-refractivity contribution in [2.24, 2.45) is 5.10 Å². The van der Waals surface area contributed by atoms with Crippen LogP contribution in [0.1, 0.15) is 33.3 Å². The molecule has 5 aromatic rings. The van der Waals surface area contributed by atoms with Crippen LogP contribution in [-0.4, -0.2) is 36.5 Å². The van der Waals surface area contributed by atoms with Gasteiger partial charge in [0.2, 0.25) is 6.79 Å². The first-order valence-corrected chi connectivity index (χ1v) is 13.5. The average Bonchev–Trinajstić information content (AvgIpc) is 3.63. The molecule has 0 bridgehead atoms. The van der Waals surface area contributed by atoms with E-state index in [0.717, 1.165) is 22.0 Å². The van der Waals surface area contributed by atoms with Gasteiger partial charge < -0.3 is 23.9 Å². The maximum Gasteiger partial charge on any atom is 0.343 e. The van der Waals surface area contributed by atoms with E-state index >= 15 is 0 Å². The predicted octanol–water partition coefficient (Wildman–Crippen LogP) is 6.60. The van der Waals surface area contributed by atoms with Crippen LogP contribution in [0.15, 0.2) is 90.0 Å². The fourth-order valence-corrected chi connectivity index (χ4v) is 4.77. The first-order chi connectivity index (χ1) is 20.5. The Hall–Kier alpha value is -5.28. The van der Waals surface area contributed by atoms with Gasteiger partial charge in [-0.15, -0.1) is 0 Å². The van der Waals surface area contributed by atoms with Crippen molar-refractivity contribution < 1.29 is 28.5 Å². The van der Waals surface area contributed by atoms with Crippen LogP contribution in [0, 0.1) is 0 Å². The number of aromatic amines is 1. The van der Waals surface area contributed by atoms with Crippen molar-refractivity contribution in [1.29, 1.82) is 0 Å². The summed E-state index contributed by atoms with van der Waals surface area (Å²) in [5, 5.41) is 5.55. The summed E-state index contributed by atoms with van der Waals surface area (Å²) >= 11 is 6.26. The molecule has 210 valence electrons. The number of aromatic nitrogens is 1. The van der Waals surface area contributed by atoms with Crippen LogP contribution in [-0.2, 0) is 0 Å². The van der Waals surface area contributed by atoms with Gasteiger partial charge in [0, 0.05) is 21.5 Å². The minimum Gasteiger partial charge on any atom is -0.490 e. The number of carbonyl (C=O) groups excluding carboxylic acids is 2. The third kappa shape index (κ3) is 5.50. The number of hydrogen-bond acceptors (Lipinski definition) is 7. The normalized spacial score (nSPS) is 12.0. The van der Waals surface area contributed by atoms with Gasteiger partial charge in [-0.25, -0.2) is 10.2 Å². The van der Waals surface area contributed by atoms with Crippen LogP contribution in [0.5, 0.6) is 23.0 Å². The number of hydrogen-bond donors (Lipinski definition) is 2. The zero-order valence-corrected chi connectivity index (χ0v) is 23.1. The van der Waals surface area contributed by atoms with Crippen LogP contribution in [0.3, 0.4) is 0 Å². The number of nitrogens with one attached hydrogen (secondary N) is 2. The second-order valence-electron chi connectivity index (χ2n) is 9.23. The van der Waals surface area contributed by atoms with E-state index in [1.807, 2.05) is 49.4 Å². The molecular formula is C32H24ClN3O6. The lowest BCUT2D eigenvalue weighted by Crippen LogP contribution is -2.18. The number of carbonyl (C=O) groups is 2. The number of H-pyrrole nitrogens is 1. The van der Waals surface area contributed by atoms with E-state index in [2.05, 4.69) is 15.5 Å². The second kappa shape index (κ2) is 11.7. The van der Waals surface area contributed by atoms with Gasteiger partial charge in [0.25, 0.3) is 5.91 Å². The van der Waals surface area contributed by atoms with Crippen molar-refractivity contribution in [3.05, 3.63) is 107 Å². The highest BCUT2D eigenvalue weighted by Crippen LogP contribution is 2.35. The zero-order chi connectivity index (χ0) is 29.1. The summed E-state index contributed by atoms with van der Waals surface area (Å²) < 4.78 is 21.9. The van der Waals surface area contributed by atoms with Gasteiger partial charge in [-0.1, -0.05) is 41.9 Å². The molecule has 9 nitrogen and oxygen atoms in total. The number of rotatable bonds is 8. The van der Waals surface area contributed by atoms with Crippen molar-refractivity contribution in [3.63, 3.8) is 0 Å². The Labute approximate surface area is 245 Å².